The van der Waals surface area contributed by atoms with Gasteiger partial charge in [-0.2, -0.15) is 18.4 Å². The number of rotatable bonds is 3. The zero-order valence-corrected chi connectivity index (χ0v) is 9.41. The molecule has 0 aliphatic carbocycles. The molecular weight excluding hydrogens is 249 g/mol. The second-order valence-electron chi connectivity index (χ2n) is 3.31. The fourth-order valence-corrected chi connectivity index (χ4v) is 1.42. The average molecular weight is 258 g/mol. The normalized spacial score (nSPS) is 10.8. The minimum absolute atomic E-state index is 0.0750. The lowest BCUT2D eigenvalue weighted by Gasteiger charge is -2.13. The van der Waals surface area contributed by atoms with Crippen LogP contribution in [0.3, 0.4) is 0 Å². The number of esters is 1. The summed E-state index contributed by atoms with van der Waals surface area (Å²) in [4.78, 5) is 14.7. The van der Waals surface area contributed by atoms with Gasteiger partial charge in [0.25, 0.3) is 0 Å². The number of hydrogen-bond acceptors (Lipinski definition) is 4. The molecule has 1 heterocycles. The monoisotopic (exact) mass is 258 g/mol. The van der Waals surface area contributed by atoms with Gasteiger partial charge in [0.2, 0.25) is 0 Å². The second-order valence-corrected chi connectivity index (χ2v) is 3.31. The van der Waals surface area contributed by atoms with Crippen molar-refractivity contribution in [2.45, 2.75) is 19.5 Å². The van der Waals surface area contributed by atoms with Crippen LogP contribution in [0.4, 0.5) is 13.2 Å². The first kappa shape index (κ1) is 14.0. The lowest BCUT2D eigenvalue weighted by atomic mass is 10.0. The van der Waals surface area contributed by atoms with E-state index >= 15 is 0 Å². The van der Waals surface area contributed by atoms with Crippen LogP contribution >= 0.6 is 0 Å². The Balaban J connectivity index is 3.20. The van der Waals surface area contributed by atoms with Crippen LogP contribution in [-0.4, -0.2) is 17.6 Å². The van der Waals surface area contributed by atoms with E-state index < -0.39 is 29.7 Å². The average Bonchev–Trinajstić information content (AvgIpc) is 2.27. The number of halogens is 3. The fraction of sp³-hybridized carbons (Fsp3) is 0.364. The van der Waals surface area contributed by atoms with Gasteiger partial charge in [-0.25, -0.2) is 0 Å². The zero-order valence-electron chi connectivity index (χ0n) is 9.41. The number of hydrogen-bond donors (Lipinski definition) is 0. The molecule has 0 bridgehead atoms. The summed E-state index contributed by atoms with van der Waals surface area (Å²) in [5.74, 6) is -0.792. The van der Waals surface area contributed by atoms with Crippen molar-refractivity contribution < 1.29 is 22.7 Å². The highest BCUT2D eigenvalue weighted by Gasteiger charge is 2.37. The Kier molecular flexibility index (Phi) is 4.26. The molecule has 1 rings (SSSR count). The van der Waals surface area contributed by atoms with Crippen molar-refractivity contribution >= 4 is 5.97 Å². The standard InChI is InChI=1S/C11H9F3N2O2/c1-2-18-9(17)3-7-5-16-6-8(4-15)10(7)11(12,13)14/h5-6H,2-3H2,1H3. The number of pyridine rings is 1. The van der Waals surface area contributed by atoms with E-state index in [1.165, 1.54) is 6.07 Å². The highest BCUT2D eigenvalue weighted by atomic mass is 19.4. The van der Waals surface area contributed by atoms with Gasteiger partial charge in [0.1, 0.15) is 6.07 Å². The molecule has 0 aliphatic rings. The van der Waals surface area contributed by atoms with Crippen molar-refractivity contribution in [1.82, 2.24) is 4.98 Å². The quantitative estimate of drug-likeness (QED) is 0.778. The predicted molar refractivity (Wildman–Crippen MR) is 54.3 cm³/mol. The molecule has 0 saturated carbocycles. The third-order valence-electron chi connectivity index (χ3n) is 2.07. The van der Waals surface area contributed by atoms with Crippen molar-refractivity contribution in [3.63, 3.8) is 0 Å². The Hall–Kier alpha value is -2.10. The fourth-order valence-electron chi connectivity index (χ4n) is 1.42. The highest BCUT2D eigenvalue weighted by molar-refractivity contribution is 5.73. The summed E-state index contributed by atoms with van der Waals surface area (Å²) >= 11 is 0. The lowest BCUT2D eigenvalue weighted by Crippen LogP contribution is -2.16. The van der Waals surface area contributed by atoms with E-state index in [2.05, 4.69) is 9.72 Å². The van der Waals surface area contributed by atoms with Crippen molar-refractivity contribution in [3.8, 4) is 6.07 Å². The summed E-state index contributed by atoms with van der Waals surface area (Å²) in [5.41, 5.74) is -2.10. The van der Waals surface area contributed by atoms with E-state index in [0.29, 0.717) is 0 Å². The Labute approximate surface area is 101 Å². The number of alkyl halides is 3. The Bertz CT molecular complexity index is 492. The molecule has 0 N–H and O–H groups in total. The van der Waals surface area contributed by atoms with Gasteiger partial charge in [0.15, 0.2) is 0 Å². The molecule has 0 amide bonds. The van der Waals surface area contributed by atoms with Crippen molar-refractivity contribution in [3.05, 3.63) is 29.1 Å². The van der Waals surface area contributed by atoms with Gasteiger partial charge < -0.3 is 4.74 Å². The molecule has 0 radical (unpaired) electrons. The summed E-state index contributed by atoms with van der Waals surface area (Å²) < 4.78 is 43.0. The third kappa shape index (κ3) is 3.20. The first-order chi connectivity index (χ1) is 8.40. The Morgan fingerprint density at radius 3 is 2.67 bits per heavy atom. The van der Waals surface area contributed by atoms with Crippen LogP contribution < -0.4 is 0 Å². The van der Waals surface area contributed by atoms with E-state index in [0.717, 1.165) is 12.4 Å². The molecule has 0 atom stereocenters. The van der Waals surface area contributed by atoms with Crippen molar-refractivity contribution in [2.75, 3.05) is 6.61 Å². The van der Waals surface area contributed by atoms with Crippen LogP contribution in [0.5, 0.6) is 0 Å². The molecule has 0 unspecified atom stereocenters. The number of carbonyl (C=O) groups excluding carboxylic acids is 1. The maximum Gasteiger partial charge on any atom is 0.418 e. The molecule has 1 aromatic rings. The minimum atomic E-state index is -4.71. The molecule has 0 spiro atoms. The van der Waals surface area contributed by atoms with Gasteiger partial charge in [-0.3, -0.25) is 9.78 Å². The highest BCUT2D eigenvalue weighted by Crippen LogP contribution is 2.34. The topological polar surface area (TPSA) is 63.0 Å². The van der Waals surface area contributed by atoms with Gasteiger partial charge in [-0.05, 0) is 12.5 Å². The van der Waals surface area contributed by atoms with E-state index in [1.54, 1.807) is 6.92 Å². The zero-order chi connectivity index (χ0) is 13.8. The van der Waals surface area contributed by atoms with E-state index in [1.807, 2.05) is 0 Å². The first-order valence-corrected chi connectivity index (χ1v) is 5.00. The van der Waals surface area contributed by atoms with Crippen LogP contribution in [0.1, 0.15) is 23.6 Å². The first-order valence-electron chi connectivity index (χ1n) is 5.00. The third-order valence-corrected chi connectivity index (χ3v) is 2.07. The van der Waals surface area contributed by atoms with Gasteiger partial charge in [-0.1, -0.05) is 0 Å². The maximum absolute atomic E-state index is 12.8. The summed E-state index contributed by atoms with van der Waals surface area (Å²) in [6.45, 7) is 1.62. The number of ether oxygens (including phenoxy) is 1. The van der Waals surface area contributed by atoms with Crippen LogP contribution in [0.25, 0.3) is 0 Å². The molecule has 96 valence electrons. The van der Waals surface area contributed by atoms with Gasteiger partial charge >= 0.3 is 12.1 Å². The van der Waals surface area contributed by atoms with Gasteiger partial charge in [-0.15, -0.1) is 0 Å². The minimum Gasteiger partial charge on any atom is -0.466 e. The molecule has 4 nitrogen and oxygen atoms in total. The van der Waals surface area contributed by atoms with Crippen molar-refractivity contribution in [2.24, 2.45) is 0 Å². The summed E-state index contributed by atoms with van der Waals surface area (Å²) in [7, 11) is 0. The smallest absolute Gasteiger partial charge is 0.418 e. The van der Waals surface area contributed by atoms with Gasteiger partial charge in [0, 0.05) is 12.4 Å². The molecule has 7 heteroatoms. The largest absolute Gasteiger partial charge is 0.466 e. The Morgan fingerprint density at radius 1 is 1.50 bits per heavy atom. The molecule has 0 saturated heterocycles. The number of nitrogens with zero attached hydrogens (tertiary/aromatic N) is 2. The van der Waals surface area contributed by atoms with Crippen LogP contribution in [0.15, 0.2) is 12.4 Å². The van der Waals surface area contributed by atoms with Crippen LogP contribution in [0, 0.1) is 11.3 Å². The second kappa shape index (κ2) is 5.49. The summed E-state index contributed by atoms with van der Waals surface area (Å²) in [6, 6.07) is 1.41. The summed E-state index contributed by atoms with van der Waals surface area (Å²) in [6.07, 6.45) is -3.54. The van der Waals surface area contributed by atoms with E-state index in [-0.39, 0.29) is 12.2 Å². The molecule has 18 heavy (non-hydrogen) atoms. The van der Waals surface area contributed by atoms with E-state index in [4.69, 9.17) is 5.26 Å². The molecule has 1 aromatic heterocycles. The lowest BCUT2D eigenvalue weighted by molar-refractivity contribution is -0.143. The molecule has 0 aliphatic heterocycles. The Morgan fingerprint density at radius 2 is 2.17 bits per heavy atom. The number of nitriles is 1. The number of carbonyl (C=O) groups is 1. The number of aromatic nitrogens is 1. The van der Waals surface area contributed by atoms with Crippen LogP contribution in [0.2, 0.25) is 0 Å². The maximum atomic E-state index is 12.8. The predicted octanol–water partition coefficient (Wildman–Crippen LogP) is 2.08. The van der Waals surface area contributed by atoms with Crippen molar-refractivity contribution in [1.29, 1.82) is 5.26 Å². The van der Waals surface area contributed by atoms with Gasteiger partial charge in [0.05, 0.1) is 24.2 Å². The van der Waals surface area contributed by atoms with E-state index in [9.17, 15) is 18.0 Å². The van der Waals surface area contributed by atoms with Crippen LogP contribution in [-0.2, 0) is 22.1 Å². The SMILES string of the molecule is CCOC(=O)Cc1cncc(C#N)c1C(F)(F)F. The molecule has 0 aromatic carbocycles. The molecular formula is C11H9F3N2O2. The summed E-state index contributed by atoms with van der Waals surface area (Å²) in [5, 5.41) is 8.64. The molecule has 0 fully saturated rings.